The highest BCUT2D eigenvalue weighted by Crippen LogP contribution is 2.40. The van der Waals surface area contributed by atoms with Gasteiger partial charge in [0.2, 0.25) is 6.41 Å². The van der Waals surface area contributed by atoms with E-state index in [-0.39, 0.29) is 39.2 Å². The molecule has 204 valence electrons. The number of aryl methyl sites for hydroxylation is 1. The molecule has 15 heteroatoms. The van der Waals surface area contributed by atoms with Crippen molar-refractivity contribution in [3.63, 3.8) is 0 Å². The van der Waals surface area contributed by atoms with E-state index in [1.807, 2.05) is 0 Å². The van der Waals surface area contributed by atoms with Gasteiger partial charge in [-0.05, 0) is 30.3 Å². The van der Waals surface area contributed by atoms with E-state index in [2.05, 4.69) is 25.3 Å². The van der Waals surface area contributed by atoms with Crippen LogP contribution >= 0.6 is 23.2 Å². The maximum Gasteiger partial charge on any atom is 0.272 e. The average molecular weight is 593 g/mol. The number of carbonyl (C=O) groups is 1. The van der Waals surface area contributed by atoms with Crippen LogP contribution in [-0.4, -0.2) is 59.6 Å². The molecule has 2 aromatic heterocycles. The van der Waals surface area contributed by atoms with Crippen molar-refractivity contribution in [3.05, 3.63) is 70.7 Å². The van der Waals surface area contributed by atoms with Crippen molar-refractivity contribution >= 4 is 61.5 Å². The lowest BCUT2D eigenvalue weighted by Gasteiger charge is -2.14. The van der Waals surface area contributed by atoms with Crippen molar-refractivity contribution in [2.75, 3.05) is 23.2 Å². The molecule has 0 aliphatic carbocycles. The van der Waals surface area contributed by atoms with Crippen molar-refractivity contribution in [2.24, 2.45) is 7.05 Å². The van der Waals surface area contributed by atoms with Crippen LogP contribution in [0.4, 0.5) is 11.5 Å². The maximum absolute atomic E-state index is 13.1. The van der Waals surface area contributed by atoms with Gasteiger partial charge >= 0.3 is 0 Å². The molecule has 39 heavy (non-hydrogen) atoms. The fourth-order valence-corrected chi connectivity index (χ4v) is 5.41. The summed E-state index contributed by atoms with van der Waals surface area (Å²) in [5.74, 6) is -0.0593. The number of rotatable bonds is 8. The molecule has 1 aliphatic rings. The van der Waals surface area contributed by atoms with E-state index in [1.165, 1.54) is 42.9 Å². The number of hydrogen-bond donors (Lipinski definition) is 4. The van der Waals surface area contributed by atoms with Crippen molar-refractivity contribution in [1.29, 1.82) is 0 Å². The zero-order chi connectivity index (χ0) is 27.7. The number of fused-ring (bicyclic) bond motifs is 1. The number of ether oxygens (including phenoxy) is 2. The maximum atomic E-state index is 13.1. The number of aliphatic hydroxyl groups is 1. The molecule has 12 nitrogen and oxygen atoms in total. The van der Waals surface area contributed by atoms with Crippen LogP contribution in [0.15, 0.2) is 59.9 Å². The van der Waals surface area contributed by atoms with E-state index in [4.69, 9.17) is 32.7 Å². The first-order valence-corrected chi connectivity index (χ1v) is 13.7. The van der Waals surface area contributed by atoms with Gasteiger partial charge in [0.25, 0.3) is 15.9 Å². The van der Waals surface area contributed by atoms with Crippen molar-refractivity contribution in [3.8, 4) is 5.75 Å². The van der Waals surface area contributed by atoms with Gasteiger partial charge in [-0.2, -0.15) is 0 Å². The molecule has 5 rings (SSSR count). The first kappa shape index (κ1) is 27.1. The smallest absolute Gasteiger partial charge is 0.272 e. The van der Waals surface area contributed by atoms with E-state index < -0.39 is 22.3 Å². The summed E-state index contributed by atoms with van der Waals surface area (Å²) >= 11 is 12.9. The van der Waals surface area contributed by atoms with Crippen LogP contribution in [0.2, 0.25) is 10.0 Å². The highest BCUT2D eigenvalue weighted by Gasteiger charge is 2.25. The Morgan fingerprint density at radius 3 is 2.67 bits per heavy atom. The van der Waals surface area contributed by atoms with Gasteiger partial charge in [0.1, 0.15) is 29.2 Å². The summed E-state index contributed by atoms with van der Waals surface area (Å²) in [6.45, 7) is 0.539. The Morgan fingerprint density at radius 1 is 1.23 bits per heavy atom. The van der Waals surface area contributed by atoms with Gasteiger partial charge in [-0.1, -0.05) is 23.2 Å². The molecule has 2 atom stereocenters. The molecule has 1 saturated heterocycles. The van der Waals surface area contributed by atoms with Crippen LogP contribution in [0.3, 0.4) is 0 Å². The van der Waals surface area contributed by atoms with Crippen LogP contribution < -0.4 is 20.1 Å². The minimum atomic E-state index is -3.89. The predicted molar refractivity (Wildman–Crippen MR) is 145 cm³/mol. The standard InChI is InChI=1S/C24H22Cl2N6O6S/c1-32-17-9-19(37-12-14-10-29-24(34)38-14)22(26)21(25)16(17)8-18(32)23(33)30-13-2-4-15(5-3-13)39(35,36)31-20-11-27-6-7-28-20/h2-9,11,14,24,29,34H,10,12H2,1H3,(H,28,31)(H,30,33)/t14-,24?/m0/s1. The first-order chi connectivity index (χ1) is 18.6. The molecule has 0 bridgehead atoms. The Morgan fingerprint density at radius 2 is 2.00 bits per heavy atom. The van der Waals surface area contributed by atoms with Crippen molar-refractivity contribution in [1.82, 2.24) is 19.9 Å². The Labute approximate surface area is 232 Å². The van der Waals surface area contributed by atoms with E-state index in [9.17, 15) is 18.3 Å². The molecule has 4 N–H and O–H groups in total. The minimum absolute atomic E-state index is 0.0157. The largest absolute Gasteiger partial charge is 0.489 e. The highest BCUT2D eigenvalue weighted by atomic mass is 35.5. The number of carbonyl (C=O) groups excluding carboxylic acids is 1. The summed E-state index contributed by atoms with van der Waals surface area (Å²) in [4.78, 5) is 20.8. The lowest BCUT2D eigenvalue weighted by molar-refractivity contribution is -0.107. The number of anilines is 2. The number of aromatic nitrogens is 3. The number of nitrogens with zero attached hydrogens (tertiary/aromatic N) is 3. The fourth-order valence-electron chi connectivity index (χ4n) is 3.96. The topological polar surface area (TPSA) is 157 Å². The number of sulfonamides is 1. The quantitative estimate of drug-likeness (QED) is 0.241. The van der Waals surface area contributed by atoms with Crippen LogP contribution in [0.25, 0.3) is 10.9 Å². The molecular formula is C24H22Cl2N6O6S. The molecule has 1 amide bonds. The number of hydrogen-bond acceptors (Lipinski definition) is 9. The summed E-state index contributed by atoms with van der Waals surface area (Å²) in [5, 5.41) is 15.9. The average Bonchev–Trinajstić information content (AvgIpc) is 3.48. The van der Waals surface area contributed by atoms with Gasteiger partial charge in [-0.3, -0.25) is 19.8 Å². The monoisotopic (exact) mass is 592 g/mol. The van der Waals surface area contributed by atoms with Crippen molar-refractivity contribution in [2.45, 2.75) is 17.4 Å². The summed E-state index contributed by atoms with van der Waals surface area (Å²) in [7, 11) is -2.20. The fraction of sp³-hybridized carbons (Fsp3) is 0.208. The van der Waals surface area contributed by atoms with Gasteiger partial charge in [0.15, 0.2) is 5.82 Å². The van der Waals surface area contributed by atoms with Gasteiger partial charge in [-0.25, -0.2) is 13.4 Å². The molecule has 1 fully saturated rings. The second-order valence-corrected chi connectivity index (χ2v) is 11.0. The van der Waals surface area contributed by atoms with E-state index in [0.29, 0.717) is 28.9 Å². The Balaban J connectivity index is 1.32. The Kier molecular flexibility index (Phi) is 7.62. The molecule has 0 saturated carbocycles. The lowest BCUT2D eigenvalue weighted by Crippen LogP contribution is -2.22. The third-order valence-corrected chi connectivity index (χ3v) is 8.15. The summed E-state index contributed by atoms with van der Waals surface area (Å²) in [6.07, 6.45) is 2.67. The van der Waals surface area contributed by atoms with E-state index in [0.717, 1.165) is 0 Å². The van der Waals surface area contributed by atoms with Gasteiger partial charge in [0, 0.05) is 43.1 Å². The van der Waals surface area contributed by atoms with Gasteiger partial charge in [0.05, 0.1) is 21.6 Å². The third kappa shape index (κ3) is 5.78. The number of aliphatic hydroxyl groups excluding tert-OH is 1. The number of benzene rings is 2. The van der Waals surface area contributed by atoms with Gasteiger partial charge < -0.3 is 24.5 Å². The Hall–Kier alpha value is -3.46. The van der Waals surface area contributed by atoms with Gasteiger partial charge in [-0.15, -0.1) is 0 Å². The number of halogens is 2. The van der Waals surface area contributed by atoms with E-state index in [1.54, 1.807) is 23.7 Å². The number of amides is 1. The number of nitrogens with one attached hydrogen (secondary N) is 3. The lowest BCUT2D eigenvalue weighted by atomic mass is 10.2. The normalized spacial score (nSPS) is 17.3. The second-order valence-electron chi connectivity index (χ2n) is 8.53. The van der Waals surface area contributed by atoms with E-state index >= 15 is 0 Å². The van der Waals surface area contributed by atoms with Crippen LogP contribution in [0.1, 0.15) is 10.5 Å². The molecule has 3 heterocycles. The SMILES string of the molecule is Cn1c(C(=O)Nc2ccc(S(=O)(=O)Nc3cnccn3)cc2)cc2c(Cl)c(Cl)c(OC[C@@H]3CNC(O)O3)cc21. The molecule has 1 unspecified atom stereocenters. The van der Waals surface area contributed by atoms with Crippen LogP contribution in [0, 0.1) is 0 Å². The second kappa shape index (κ2) is 11.0. The predicted octanol–water partition coefficient (Wildman–Crippen LogP) is 2.97. The van der Waals surface area contributed by atoms with Crippen LogP contribution in [0.5, 0.6) is 5.75 Å². The highest BCUT2D eigenvalue weighted by molar-refractivity contribution is 7.92. The molecule has 1 aliphatic heterocycles. The molecular weight excluding hydrogens is 571 g/mol. The molecule has 0 radical (unpaired) electrons. The first-order valence-electron chi connectivity index (χ1n) is 11.5. The zero-order valence-electron chi connectivity index (χ0n) is 20.3. The van der Waals surface area contributed by atoms with Crippen LogP contribution in [-0.2, 0) is 21.8 Å². The Bertz CT molecular complexity index is 1630. The summed E-state index contributed by atoms with van der Waals surface area (Å²) in [5.41, 5.74) is 1.27. The summed E-state index contributed by atoms with van der Waals surface area (Å²) < 4.78 is 40.2. The zero-order valence-corrected chi connectivity index (χ0v) is 22.6. The van der Waals surface area contributed by atoms with Crippen molar-refractivity contribution < 1.29 is 27.8 Å². The summed E-state index contributed by atoms with van der Waals surface area (Å²) in [6, 6.07) is 8.93. The minimum Gasteiger partial charge on any atom is -0.489 e. The molecule has 2 aromatic carbocycles. The third-order valence-electron chi connectivity index (χ3n) is 5.92. The molecule has 4 aromatic rings. The molecule has 0 spiro atoms.